The van der Waals surface area contributed by atoms with Gasteiger partial charge in [0.25, 0.3) is 10.0 Å². The van der Waals surface area contributed by atoms with Crippen LogP contribution in [0.1, 0.15) is 10.4 Å². The predicted octanol–water partition coefficient (Wildman–Crippen LogP) is 2.62. The second kappa shape index (κ2) is 7.12. The van der Waals surface area contributed by atoms with Crippen LogP contribution in [0.15, 0.2) is 29.2 Å². The number of hydrogen-bond acceptors (Lipinski definition) is 5. The van der Waals surface area contributed by atoms with Gasteiger partial charge in [0, 0.05) is 6.07 Å². The van der Waals surface area contributed by atoms with Crippen molar-refractivity contribution >= 4 is 21.7 Å². The Hall–Kier alpha value is -2.95. The molecular formula is C15H12F3NO6S. The third kappa shape index (κ3) is 3.52. The molecule has 0 spiro atoms. The number of rotatable bonds is 6. The number of benzene rings is 2. The van der Waals surface area contributed by atoms with E-state index in [1.807, 2.05) is 4.72 Å². The van der Waals surface area contributed by atoms with Crippen LogP contribution < -0.4 is 14.2 Å². The highest BCUT2D eigenvalue weighted by Gasteiger charge is 2.28. The number of sulfonamides is 1. The summed E-state index contributed by atoms with van der Waals surface area (Å²) in [5.41, 5.74) is -1.10. The number of hydrogen-bond donors (Lipinski definition) is 2. The van der Waals surface area contributed by atoms with Crippen LogP contribution in [0.4, 0.5) is 18.9 Å². The average Bonchev–Trinajstić information content (AvgIpc) is 2.58. The number of carboxylic acid groups (broad SMARTS) is 1. The zero-order chi connectivity index (χ0) is 19.6. The number of aromatic carboxylic acids is 1. The summed E-state index contributed by atoms with van der Waals surface area (Å²) in [6, 6.07) is 3.12. The van der Waals surface area contributed by atoms with E-state index in [4.69, 9.17) is 9.47 Å². The molecule has 0 aliphatic carbocycles. The molecule has 0 amide bonds. The van der Waals surface area contributed by atoms with Gasteiger partial charge in [-0.3, -0.25) is 4.72 Å². The Kier molecular flexibility index (Phi) is 5.30. The standard InChI is InChI=1S/C15H12F3NO6S/c1-24-7-5-8(15(20)21)14(10(6-7)25-2)19-26(22,23)11-4-3-9(16)12(17)13(11)18/h3-6,19H,1-2H3,(H,20,21). The van der Waals surface area contributed by atoms with E-state index in [1.165, 1.54) is 13.2 Å². The summed E-state index contributed by atoms with van der Waals surface area (Å²) >= 11 is 0. The van der Waals surface area contributed by atoms with E-state index in [0.29, 0.717) is 12.1 Å². The van der Waals surface area contributed by atoms with Crippen molar-refractivity contribution in [1.29, 1.82) is 0 Å². The van der Waals surface area contributed by atoms with E-state index in [-0.39, 0.29) is 11.5 Å². The molecule has 0 unspecified atom stereocenters. The molecule has 2 rings (SSSR count). The van der Waals surface area contributed by atoms with Gasteiger partial charge >= 0.3 is 5.97 Å². The maximum absolute atomic E-state index is 13.8. The summed E-state index contributed by atoms with van der Waals surface area (Å²) in [5.74, 6) is -7.22. The normalized spacial score (nSPS) is 11.1. The Balaban J connectivity index is 2.63. The number of ether oxygens (including phenoxy) is 2. The molecule has 0 aromatic heterocycles. The lowest BCUT2D eigenvalue weighted by atomic mass is 10.1. The third-order valence-electron chi connectivity index (χ3n) is 3.29. The third-order valence-corrected chi connectivity index (χ3v) is 4.65. The van der Waals surface area contributed by atoms with Gasteiger partial charge in [-0.2, -0.15) is 0 Å². The molecule has 0 saturated heterocycles. The minimum absolute atomic E-state index is 0.0567. The highest BCUT2D eigenvalue weighted by molar-refractivity contribution is 7.92. The number of carboxylic acids is 1. The van der Waals surface area contributed by atoms with E-state index in [9.17, 15) is 31.5 Å². The lowest BCUT2D eigenvalue weighted by Crippen LogP contribution is -2.18. The number of carbonyl (C=O) groups is 1. The zero-order valence-electron chi connectivity index (χ0n) is 13.3. The smallest absolute Gasteiger partial charge is 0.338 e. The van der Waals surface area contributed by atoms with Gasteiger partial charge in [0.05, 0.1) is 19.8 Å². The van der Waals surface area contributed by atoms with Crippen molar-refractivity contribution in [1.82, 2.24) is 0 Å². The first-order chi connectivity index (χ1) is 12.1. The first-order valence-electron chi connectivity index (χ1n) is 6.78. The van der Waals surface area contributed by atoms with Gasteiger partial charge in [0.1, 0.15) is 22.1 Å². The molecule has 2 aromatic rings. The molecule has 0 saturated carbocycles. The number of halogens is 3. The lowest BCUT2D eigenvalue weighted by molar-refractivity contribution is 0.0697. The van der Waals surface area contributed by atoms with Gasteiger partial charge in [-0.15, -0.1) is 0 Å². The zero-order valence-corrected chi connectivity index (χ0v) is 14.2. The van der Waals surface area contributed by atoms with Crippen molar-refractivity contribution in [3.8, 4) is 11.5 Å². The number of methoxy groups -OCH3 is 2. The predicted molar refractivity (Wildman–Crippen MR) is 83.6 cm³/mol. The van der Waals surface area contributed by atoms with Gasteiger partial charge in [-0.25, -0.2) is 26.4 Å². The van der Waals surface area contributed by atoms with Crippen LogP contribution >= 0.6 is 0 Å². The van der Waals surface area contributed by atoms with E-state index in [1.54, 1.807) is 0 Å². The van der Waals surface area contributed by atoms with Crippen molar-refractivity contribution in [3.63, 3.8) is 0 Å². The fraction of sp³-hybridized carbons (Fsp3) is 0.133. The second-order valence-electron chi connectivity index (χ2n) is 4.84. The molecule has 0 fully saturated rings. The molecule has 0 atom stereocenters. The maximum Gasteiger partial charge on any atom is 0.338 e. The van der Waals surface area contributed by atoms with E-state index < -0.39 is 49.6 Å². The van der Waals surface area contributed by atoms with E-state index >= 15 is 0 Å². The quantitative estimate of drug-likeness (QED) is 0.734. The van der Waals surface area contributed by atoms with Gasteiger partial charge in [0.2, 0.25) is 0 Å². The molecular weight excluding hydrogens is 379 g/mol. The van der Waals surface area contributed by atoms with Crippen LogP contribution in [0.2, 0.25) is 0 Å². The van der Waals surface area contributed by atoms with Crippen molar-refractivity contribution in [2.75, 3.05) is 18.9 Å². The van der Waals surface area contributed by atoms with Crippen molar-refractivity contribution < 1.29 is 41.0 Å². The van der Waals surface area contributed by atoms with Gasteiger partial charge < -0.3 is 14.6 Å². The van der Waals surface area contributed by atoms with E-state index in [0.717, 1.165) is 13.2 Å². The topological polar surface area (TPSA) is 102 Å². The first kappa shape index (κ1) is 19.4. The van der Waals surface area contributed by atoms with Crippen LogP contribution in [0.3, 0.4) is 0 Å². The minimum atomic E-state index is -4.81. The molecule has 2 N–H and O–H groups in total. The SMILES string of the molecule is COc1cc(OC)c(NS(=O)(=O)c2ccc(F)c(F)c2F)c(C(=O)O)c1. The first-order valence-corrected chi connectivity index (χ1v) is 8.26. The Morgan fingerprint density at radius 1 is 1.08 bits per heavy atom. The molecule has 0 aliphatic heterocycles. The van der Waals surface area contributed by atoms with E-state index in [2.05, 4.69) is 0 Å². The molecule has 26 heavy (non-hydrogen) atoms. The highest BCUT2D eigenvalue weighted by atomic mass is 32.2. The van der Waals surface area contributed by atoms with Gasteiger partial charge in [0.15, 0.2) is 17.5 Å². The Morgan fingerprint density at radius 2 is 1.73 bits per heavy atom. The Labute approximate surface area is 146 Å². The highest BCUT2D eigenvalue weighted by Crippen LogP contribution is 2.35. The molecule has 7 nitrogen and oxygen atoms in total. The maximum atomic E-state index is 13.8. The Morgan fingerprint density at radius 3 is 2.27 bits per heavy atom. The van der Waals surface area contributed by atoms with Gasteiger partial charge in [-0.05, 0) is 18.2 Å². The van der Waals surface area contributed by atoms with Crippen LogP contribution in [0, 0.1) is 17.5 Å². The van der Waals surface area contributed by atoms with Crippen LogP contribution in [-0.4, -0.2) is 33.7 Å². The fourth-order valence-electron chi connectivity index (χ4n) is 2.05. The monoisotopic (exact) mass is 391 g/mol. The average molecular weight is 391 g/mol. The molecule has 11 heteroatoms. The van der Waals surface area contributed by atoms with Crippen LogP contribution in [0.5, 0.6) is 11.5 Å². The Bertz CT molecular complexity index is 978. The molecule has 0 aliphatic rings. The number of nitrogens with one attached hydrogen (secondary N) is 1. The fourth-order valence-corrected chi connectivity index (χ4v) is 3.21. The molecule has 140 valence electrons. The van der Waals surface area contributed by atoms with Crippen LogP contribution in [0.25, 0.3) is 0 Å². The van der Waals surface area contributed by atoms with Gasteiger partial charge in [-0.1, -0.05) is 0 Å². The summed E-state index contributed by atoms with van der Waals surface area (Å²) in [5, 5.41) is 9.28. The molecule has 2 aromatic carbocycles. The molecule has 0 heterocycles. The number of anilines is 1. The summed E-state index contributed by atoms with van der Waals surface area (Å²) < 4.78 is 76.5. The van der Waals surface area contributed by atoms with Crippen molar-refractivity contribution in [2.24, 2.45) is 0 Å². The lowest BCUT2D eigenvalue weighted by Gasteiger charge is -2.16. The molecule has 0 radical (unpaired) electrons. The van der Waals surface area contributed by atoms with Crippen LogP contribution in [-0.2, 0) is 10.0 Å². The summed E-state index contributed by atoms with van der Waals surface area (Å²) in [6.45, 7) is 0. The summed E-state index contributed by atoms with van der Waals surface area (Å²) in [4.78, 5) is 10.2. The summed E-state index contributed by atoms with van der Waals surface area (Å²) in [6.07, 6.45) is 0. The summed E-state index contributed by atoms with van der Waals surface area (Å²) in [7, 11) is -2.42. The van der Waals surface area contributed by atoms with Crippen molar-refractivity contribution in [2.45, 2.75) is 4.90 Å². The molecule has 0 bridgehead atoms. The second-order valence-corrected chi connectivity index (χ2v) is 6.49. The van der Waals surface area contributed by atoms with Crippen molar-refractivity contribution in [3.05, 3.63) is 47.3 Å². The largest absolute Gasteiger partial charge is 0.497 e. The minimum Gasteiger partial charge on any atom is -0.497 e.